The highest BCUT2D eigenvalue weighted by Gasteiger charge is 2.15. The zero-order valence-corrected chi connectivity index (χ0v) is 9.46. The van der Waals surface area contributed by atoms with E-state index < -0.39 is 11.6 Å². The molecule has 0 saturated carbocycles. The van der Waals surface area contributed by atoms with Gasteiger partial charge in [-0.3, -0.25) is 0 Å². The Morgan fingerprint density at radius 3 is 2.41 bits per heavy atom. The van der Waals surface area contributed by atoms with Crippen LogP contribution in [0.15, 0.2) is 24.3 Å². The van der Waals surface area contributed by atoms with Crippen molar-refractivity contribution in [1.82, 2.24) is 10.2 Å². The molecular weight excluding hydrogens is 224 g/mol. The molecule has 1 aromatic heterocycles. The van der Waals surface area contributed by atoms with E-state index in [1.54, 1.807) is 20.0 Å². The summed E-state index contributed by atoms with van der Waals surface area (Å²) in [6.07, 6.45) is 0. The summed E-state index contributed by atoms with van der Waals surface area (Å²) in [6.45, 7) is 1.58. The Bertz CT molecular complexity index is 538. The number of aryl methyl sites for hydroxylation is 1. The number of rotatable bonds is 2. The van der Waals surface area contributed by atoms with Crippen LogP contribution in [-0.2, 0) is 0 Å². The summed E-state index contributed by atoms with van der Waals surface area (Å²) in [5.74, 6) is -0.696. The van der Waals surface area contributed by atoms with E-state index in [1.165, 1.54) is 18.2 Å². The molecule has 1 N–H and O–H groups in total. The van der Waals surface area contributed by atoms with Gasteiger partial charge in [0.25, 0.3) is 0 Å². The average molecular weight is 235 g/mol. The molecule has 0 fully saturated rings. The SMILES string of the molecule is CNc1ccc(-c2c(F)ccc(C)c2F)nn1. The van der Waals surface area contributed by atoms with Crippen LogP contribution in [0.2, 0.25) is 0 Å². The number of nitrogens with zero attached hydrogens (tertiary/aromatic N) is 2. The van der Waals surface area contributed by atoms with Crippen LogP contribution in [0.5, 0.6) is 0 Å². The van der Waals surface area contributed by atoms with E-state index >= 15 is 0 Å². The standard InChI is InChI=1S/C12H11F2N3/c1-7-3-4-8(13)11(12(7)14)9-5-6-10(15-2)17-16-9/h3-6H,1-2H3,(H,15,17). The molecule has 0 aliphatic heterocycles. The van der Waals surface area contributed by atoms with Gasteiger partial charge in [0.05, 0.1) is 11.3 Å². The van der Waals surface area contributed by atoms with Crippen molar-refractivity contribution >= 4 is 5.82 Å². The largest absolute Gasteiger partial charge is 0.372 e. The summed E-state index contributed by atoms with van der Waals surface area (Å²) in [6, 6.07) is 5.76. The number of benzene rings is 1. The normalized spacial score (nSPS) is 10.4. The molecule has 0 aliphatic rings. The maximum Gasteiger partial charge on any atom is 0.148 e. The smallest absolute Gasteiger partial charge is 0.148 e. The Kier molecular flexibility index (Phi) is 2.99. The first-order chi connectivity index (χ1) is 8.13. The molecule has 0 radical (unpaired) electrons. The zero-order chi connectivity index (χ0) is 12.4. The van der Waals surface area contributed by atoms with Crippen molar-refractivity contribution in [3.63, 3.8) is 0 Å². The van der Waals surface area contributed by atoms with Gasteiger partial charge in [-0.2, -0.15) is 0 Å². The predicted molar refractivity (Wildman–Crippen MR) is 61.7 cm³/mol. The molecule has 0 aliphatic carbocycles. The number of nitrogens with one attached hydrogen (secondary N) is 1. The monoisotopic (exact) mass is 235 g/mol. The Morgan fingerprint density at radius 1 is 1.06 bits per heavy atom. The van der Waals surface area contributed by atoms with E-state index in [-0.39, 0.29) is 11.3 Å². The van der Waals surface area contributed by atoms with E-state index in [0.29, 0.717) is 11.4 Å². The Balaban J connectivity index is 2.55. The lowest BCUT2D eigenvalue weighted by atomic mass is 10.1. The molecule has 2 rings (SSSR count). The fourth-order valence-electron chi connectivity index (χ4n) is 1.49. The van der Waals surface area contributed by atoms with Gasteiger partial charge in [-0.25, -0.2) is 8.78 Å². The number of hydrogen-bond donors (Lipinski definition) is 1. The van der Waals surface area contributed by atoms with Crippen LogP contribution in [0.4, 0.5) is 14.6 Å². The van der Waals surface area contributed by atoms with Crippen molar-refractivity contribution in [2.24, 2.45) is 0 Å². The minimum atomic E-state index is -0.639. The van der Waals surface area contributed by atoms with Crippen LogP contribution in [-0.4, -0.2) is 17.2 Å². The third-order valence-electron chi connectivity index (χ3n) is 2.46. The molecule has 1 aromatic carbocycles. The summed E-state index contributed by atoms with van der Waals surface area (Å²) in [5.41, 5.74) is 0.420. The fraction of sp³-hybridized carbons (Fsp3) is 0.167. The first-order valence-corrected chi connectivity index (χ1v) is 5.10. The predicted octanol–water partition coefficient (Wildman–Crippen LogP) is 2.77. The van der Waals surface area contributed by atoms with Crippen LogP contribution in [0.3, 0.4) is 0 Å². The van der Waals surface area contributed by atoms with Crippen molar-refractivity contribution in [2.45, 2.75) is 6.92 Å². The van der Waals surface area contributed by atoms with Gasteiger partial charge in [0.1, 0.15) is 17.5 Å². The Labute approximate surface area is 97.5 Å². The summed E-state index contributed by atoms with van der Waals surface area (Å²) in [4.78, 5) is 0. The molecule has 0 atom stereocenters. The van der Waals surface area contributed by atoms with Crippen molar-refractivity contribution in [1.29, 1.82) is 0 Å². The van der Waals surface area contributed by atoms with E-state index in [9.17, 15) is 8.78 Å². The van der Waals surface area contributed by atoms with Crippen LogP contribution in [0.1, 0.15) is 5.56 Å². The van der Waals surface area contributed by atoms with E-state index in [4.69, 9.17) is 0 Å². The molecule has 0 spiro atoms. The van der Waals surface area contributed by atoms with Gasteiger partial charge in [0.2, 0.25) is 0 Å². The maximum absolute atomic E-state index is 13.8. The first kappa shape index (κ1) is 11.4. The fourth-order valence-corrected chi connectivity index (χ4v) is 1.49. The van der Waals surface area contributed by atoms with Crippen LogP contribution in [0.25, 0.3) is 11.3 Å². The number of aromatic nitrogens is 2. The van der Waals surface area contributed by atoms with Crippen molar-refractivity contribution in [3.8, 4) is 11.3 Å². The maximum atomic E-state index is 13.8. The molecule has 0 saturated heterocycles. The van der Waals surface area contributed by atoms with Gasteiger partial charge in [-0.1, -0.05) is 6.07 Å². The van der Waals surface area contributed by atoms with Gasteiger partial charge in [0, 0.05) is 7.05 Å². The van der Waals surface area contributed by atoms with E-state index in [2.05, 4.69) is 15.5 Å². The van der Waals surface area contributed by atoms with Gasteiger partial charge in [-0.15, -0.1) is 10.2 Å². The zero-order valence-electron chi connectivity index (χ0n) is 9.46. The second kappa shape index (κ2) is 4.45. The first-order valence-electron chi connectivity index (χ1n) is 5.10. The second-order valence-corrected chi connectivity index (χ2v) is 3.61. The molecule has 0 unspecified atom stereocenters. The lowest BCUT2D eigenvalue weighted by Gasteiger charge is -2.06. The molecule has 0 bridgehead atoms. The third kappa shape index (κ3) is 2.08. The van der Waals surface area contributed by atoms with Gasteiger partial charge in [-0.05, 0) is 30.7 Å². The van der Waals surface area contributed by atoms with Gasteiger partial charge < -0.3 is 5.32 Å². The Morgan fingerprint density at radius 2 is 1.82 bits per heavy atom. The molecule has 1 heterocycles. The third-order valence-corrected chi connectivity index (χ3v) is 2.46. The van der Waals surface area contributed by atoms with Gasteiger partial charge >= 0.3 is 0 Å². The van der Waals surface area contributed by atoms with Gasteiger partial charge in [0.15, 0.2) is 0 Å². The summed E-state index contributed by atoms with van der Waals surface area (Å²) in [5, 5.41) is 10.4. The van der Waals surface area contributed by atoms with Crippen LogP contribution < -0.4 is 5.32 Å². The lowest BCUT2D eigenvalue weighted by molar-refractivity contribution is 0.582. The second-order valence-electron chi connectivity index (χ2n) is 3.61. The van der Waals surface area contributed by atoms with Crippen LogP contribution in [0, 0.1) is 18.6 Å². The van der Waals surface area contributed by atoms with Crippen LogP contribution >= 0.6 is 0 Å². The number of halogens is 2. The van der Waals surface area contributed by atoms with Crippen molar-refractivity contribution in [3.05, 3.63) is 41.5 Å². The number of hydrogen-bond acceptors (Lipinski definition) is 3. The summed E-state index contributed by atoms with van der Waals surface area (Å²) >= 11 is 0. The molecule has 3 nitrogen and oxygen atoms in total. The molecule has 5 heteroatoms. The molecule has 88 valence electrons. The lowest BCUT2D eigenvalue weighted by Crippen LogP contribution is -1.99. The summed E-state index contributed by atoms with van der Waals surface area (Å²) in [7, 11) is 1.69. The average Bonchev–Trinajstić information content (AvgIpc) is 2.35. The highest BCUT2D eigenvalue weighted by Crippen LogP contribution is 2.26. The molecular formula is C12H11F2N3. The van der Waals surface area contributed by atoms with Crippen molar-refractivity contribution in [2.75, 3.05) is 12.4 Å². The highest BCUT2D eigenvalue weighted by molar-refractivity contribution is 5.62. The highest BCUT2D eigenvalue weighted by atomic mass is 19.1. The molecule has 2 aromatic rings. The Hall–Kier alpha value is -2.04. The van der Waals surface area contributed by atoms with Crippen molar-refractivity contribution < 1.29 is 8.78 Å². The topological polar surface area (TPSA) is 37.8 Å². The molecule has 17 heavy (non-hydrogen) atoms. The number of anilines is 1. The quantitative estimate of drug-likeness (QED) is 0.869. The van der Waals surface area contributed by atoms with E-state index in [1.807, 2.05) is 0 Å². The molecule has 0 amide bonds. The minimum absolute atomic E-state index is 0.139. The minimum Gasteiger partial charge on any atom is -0.372 e. The summed E-state index contributed by atoms with van der Waals surface area (Å²) < 4.78 is 27.4. The van der Waals surface area contributed by atoms with E-state index in [0.717, 1.165) is 0 Å².